The van der Waals surface area contributed by atoms with Crippen molar-refractivity contribution in [3.63, 3.8) is 0 Å². The zero-order valence-corrected chi connectivity index (χ0v) is 8.02. The van der Waals surface area contributed by atoms with Crippen molar-refractivity contribution in [3.8, 4) is 0 Å². The van der Waals surface area contributed by atoms with E-state index in [4.69, 9.17) is 5.11 Å². The second-order valence-corrected chi connectivity index (χ2v) is 4.33. The van der Waals surface area contributed by atoms with E-state index in [1.54, 1.807) is 0 Å². The van der Waals surface area contributed by atoms with E-state index < -0.39 is 10.0 Å². The monoisotopic (exact) mass is 196 g/mol. The first-order chi connectivity index (χ1) is 5.56. The molecule has 5 nitrogen and oxygen atoms in total. The summed E-state index contributed by atoms with van der Waals surface area (Å²) in [6.45, 7) is 1.85. The van der Waals surface area contributed by atoms with Gasteiger partial charge >= 0.3 is 0 Å². The third kappa shape index (κ3) is 9.83. The van der Waals surface area contributed by atoms with Crippen LogP contribution in [0.4, 0.5) is 0 Å². The molecule has 3 N–H and O–H groups in total. The Labute approximate surface area is 73.2 Å². The van der Waals surface area contributed by atoms with Gasteiger partial charge in [-0.15, -0.1) is 0 Å². The molecular weight excluding hydrogens is 180 g/mol. The smallest absolute Gasteiger partial charge is 0.208 e. The first kappa shape index (κ1) is 11.8. The van der Waals surface area contributed by atoms with Crippen molar-refractivity contribution in [2.75, 3.05) is 32.5 Å². The van der Waals surface area contributed by atoms with Crippen molar-refractivity contribution < 1.29 is 13.5 Å². The van der Waals surface area contributed by atoms with Gasteiger partial charge < -0.3 is 10.4 Å². The fourth-order valence-electron chi connectivity index (χ4n) is 0.654. The Hall–Kier alpha value is -0.170. The Balaban J connectivity index is 3.12. The molecule has 0 amide bonds. The number of aliphatic hydroxyl groups excluding tert-OH is 1. The van der Waals surface area contributed by atoms with Gasteiger partial charge in [0.2, 0.25) is 10.0 Å². The average molecular weight is 196 g/mol. The maximum Gasteiger partial charge on any atom is 0.208 e. The number of aliphatic hydroxyl groups is 1. The third-order valence-corrected chi connectivity index (χ3v) is 1.91. The molecule has 0 aliphatic carbocycles. The van der Waals surface area contributed by atoms with Crippen LogP contribution < -0.4 is 10.0 Å². The molecule has 0 aromatic rings. The van der Waals surface area contributed by atoms with Crippen LogP contribution in [0.1, 0.15) is 6.42 Å². The summed E-state index contributed by atoms with van der Waals surface area (Å²) in [6.07, 6.45) is 1.82. The quantitative estimate of drug-likeness (QED) is 0.433. The zero-order chi connectivity index (χ0) is 9.45. The van der Waals surface area contributed by atoms with Crippen molar-refractivity contribution in [1.29, 1.82) is 0 Å². The molecule has 6 heteroatoms. The fourth-order valence-corrected chi connectivity index (χ4v) is 1.13. The van der Waals surface area contributed by atoms with Crippen LogP contribution in [-0.4, -0.2) is 46.0 Å². The minimum atomic E-state index is -3.06. The average Bonchev–Trinajstić information content (AvgIpc) is 1.94. The number of sulfonamides is 1. The Morgan fingerprint density at radius 1 is 1.25 bits per heavy atom. The van der Waals surface area contributed by atoms with Crippen LogP contribution in [0.5, 0.6) is 0 Å². The first-order valence-corrected chi connectivity index (χ1v) is 5.71. The summed E-state index contributed by atoms with van der Waals surface area (Å²) in [7, 11) is -3.06. The molecule has 0 aliphatic rings. The van der Waals surface area contributed by atoms with Gasteiger partial charge in [-0.25, -0.2) is 13.1 Å². The van der Waals surface area contributed by atoms with Crippen molar-refractivity contribution in [3.05, 3.63) is 0 Å². The van der Waals surface area contributed by atoms with E-state index in [1.165, 1.54) is 0 Å². The number of nitrogens with one attached hydrogen (secondary N) is 2. The standard InChI is InChI=1S/C6H16N2O3S/c1-12(10,11)8-5-4-7-3-2-6-9/h7-9H,2-6H2,1H3. The van der Waals surface area contributed by atoms with Crippen LogP contribution in [0.25, 0.3) is 0 Å². The molecule has 0 rings (SSSR count). The van der Waals surface area contributed by atoms with Gasteiger partial charge in [0.1, 0.15) is 0 Å². The highest BCUT2D eigenvalue weighted by Gasteiger charge is 1.97. The maximum atomic E-state index is 10.5. The lowest BCUT2D eigenvalue weighted by molar-refractivity contribution is 0.286. The normalized spacial score (nSPS) is 11.8. The van der Waals surface area contributed by atoms with Crippen LogP contribution in [-0.2, 0) is 10.0 Å². The summed E-state index contributed by atoms with van der Waals surface area (Å²) in [5.41, 5.74) is 0. The van der Waals surface area contributed by atoms with E-state index in [0.717, 1.165) is 6.26 Å². The van der Waals surface area contributed by atoms with Gasteiger partial charge in [0, 0.05) is 19.7 Å². The molecule has 0 aromatic heterocycles. The lowest BCUT2D eigenvalue weighted by atomic mass is 10.4. The highest BCUT2D eigenvalue weighted by Crippen LogP contribution is 1.73. The predicted octanol–water partition coefficient (Wildman–Crippen LogP) is -1.49. The minimum absolute atomic E-state index is 0.159. The van der Waals surface area contributed by atoms with E-state index in [9.17, 15) is 8.42 Å². The summed E-state index contributed by atoms with van der Waals surface area (Å²) >= 11 is 0. The number of hydrogen-bond donors (Lipinski definition) is 3. The second-order valence-electron chi connectivity index (χ2n) is 2.49. The van der Waals surface area contributed by atoms with Gasteiger partial charge in [-0.05, 0) is 13.0 Å². The van der Waals surface area contributed by atoms with Crippen molar-refractivity contribution in [2.45, 2.75) is 6.42 Å². The Morgan fingerprint density at radius 2 is 1.92 bits per heavy atom. The van der Waals surface area contributed by atoms with E-state index in [2.05, 4.69) is 10.0 Å². The first-order valence-electron chi connectivity index (χ1n) is 3.82. The summed E-state index contributed by atoms with van der Waals surface area (Å²) in [5.74, 6) is 0. The summed E-state index contributed by atoms with van der Waals surface area (Å²) in [6, 6.07) is 0. The lowest BCUT2D eigenvalue weighted by Gasteiger charge is -2.03. The van der Waals surface area contributed by atoms with Gasteiger partial charge in [-0.1, -0.05) is 0 Å². The highest BCUT2D eigenvalue weighted by atomic mass is 32.2. The Kier molecular flexibility index (Phi) is 6.27. The molecule has 0 aromatic carbocycles. The Bertz CT molecular complexity index is 191. The molecule has 0 radical (unpaired) electrons. The summed E-state index contributed by atoms with van der Waals surface area (Å²) in [4.78, 5) is 0. The minimum Gasteiger partial charge on any atom is -0.396 e. The lowest BCUT2D eigenvalue weighted by Crippen LogP contribution is -2.31. The molecule has 12 heavy (non-hydrogen) atoms. The SMILES string of the molecule is CS(=O)(=O)NCCNCCCO. The van der Waals surface area contributed by atoms with Crippen LogP contribution in [0.2, 0.25) is 0 Å². The topological polar surface area (TPSA) is 78.4 Å². The van der Waals surface area contributed by atoms with Gasteiger partial charge in [0.25, 0.3) is 0 Å². The van der Waals surface area contributed by atoms with Gasteiger partial charge in [0.05, 0.1) is 6.26 Å². The van der Waals surface area contributed by atoms with Crippen LogP contribution >= 0.6 is 0 Å². The number of rotatable bonds is 7. The van der Waals surface area contributed by atoms with Crippen molar-refractivity contribution in [1.82, 2.24) is 10.0 Å². The van der Waals surface area contributed by atoms with Gasteiger partial charge in [0.15, 0.2) is 0 Å². The molecule has 0 fully saturated rings. The molecular formula is C6H16N2O3S. The van der Waals surface area contributed by atoms with E-state index >= 15 is 0 Å². The predicted molar refractivity (Wildman–Crippen MR) is 47.4 cm³/mol. The Morgan fingerprint density at radius 3 is 2.42 bits per heavy atom. The van der Waals surface area contributed by atoms with Gasteiger partial charge in [-0.2, -0.15) is 0 Å². The summed E-state index contributed by atoms with van der Waals surface area (Å²) in [5, 5.41) is 11.4. The highest BCUT2D eigenvalue weighted by molar-refractivity contribution is 7.88. The van der Waals surface area contributed by atoms with Gasteiger partial charge in [-0.3, -0.25) is 0 Å². The van der Waals surface area contributed by atoms with Crippen molar-refractivity contribution >= 4 is 10.0 Å². The third-order valence-electron chi connectivity index (χ3n) is 1.18. The fraction of sp³-hybridized carbons (Fsp3) is 1.00. The van der Waals surface area contributed by atoms with E-state index in [1.807, 2.05) is 0 Å². The molecule has 0 spiro atoms. The molecule has 0 atom stereocenters. The largest absolute Gasteiger partial charge is 0.396 e. The van der Waals surface area contributed by atoms with E-state index in [-0.39, 0.29) is 6.61 Å². The van der Waals surface area contributed by atoms with Crippen LogP contribution in [0.15, 0.2) is 0 Å². The van der Waals surface area contributed by atoms with Crippen LogP contribution in [0, 0.1) is 0 Å². The molecule has 0 saturated carbocycles. The van der Waals surface area contributed by atoms with E-state index in [0.29, 0.717) is 26.1 Å². The molecule has 0 unspecified atom stereocenters. The molecule has 0 saturated heterocycles. The molecule has 0 heterocycles. The van der Waals surface area contributed by atoms with Crippen molar-refractivity contribution in [2.24, 2.45) is 0 Å². The zero-order valence-electron chi connectivity index (χ0n) is 7.21. The summed E-state index contributed by atoms with van der Waals surface area (Å²) < 4.78 is 23.4. The molecule has 74 valence electrons. The van der Waals surface area contributed by atoms with Crippen LogP contribution in [0.3, 0.4) is 0 Å². The second kappa shape index (κ2) is 6.36. The molecule has 0 bridgehead atoms. The number of hydrogen-bond acceptors (Lipinski definition) is 4. The maximum absolute atomic E-state index is 10.5. The molecule has 0 aliphatic heterocycles.